The largest absolute Gasteiger partial charge is 0.481 e. The lowest BCUT2D eigenvalue weighted by atomic mass is 9.69. The molecule has 194 valence electrons. The first kappa shape index (κ1) is 25.3. The lowest BCUT2D eigenvalue weighted by Crippen LogP contribution is -2.42. The molecule has 0 aromatic heterocycles. The summed E-state index contributed by atoms with van der Waals surface area (Å²) in [6, 6.07) is 0. The Morgan fingerprint density at radius 2 is 0.861 bits per heavy atom. The van der Waals surface area contributed by atoms with Crippen LogP contribution in [-0.2, 0) is 57.3 Å². The smallest absolute Gasteiger partial charge is 0.317 e. The van der Waals surface area contributed by atoms with Gasteiger partial charge in [-0.25, -0.2) is 0 Å². The molecule has 36 heavy (non-hydrogen) atoms. The Hall–Kier alpha value is -3.84. The molecule has 2 saturated heterocycles. The Bertz CT molecular complexity index is 963. The zero-order chi connectivity index (χ0) is 26.3. The van der Waals surface area contributed by atoms with E-state index in [0.29, 0.717) is 0 Å². The first-order valence-corrected chi connectivity index (χ1v) is 11.3. The average Bonchev–Trinajstić information content (AvgIpc) is 3.27. The van der Waals surface area contributed by atoms with E-state index in [0.717, 1.165) is 0 Å². The lowest BCUT2D eigenvalue weighted by Gasteiger charge is -2.32. The van der Waals surface area contributed by atoms with Crippen LogP contribution in [0.3, 0.4) is 0 Å². The molecule has 0 aromatic rings. The van der Waals surface area contributed by atoms with E-state index in [1.54, 1.807) is 0 Å². The number of carbonyl (C=O) groups is 8. The van der Waals surface area contributed by atoms with E-state index in [1.807, 2.05) is 0 Å². The number of rotatable bonds is 7. The fourth-order valence-electron chi connectivity index (χ4n) is 5.52. The van der Waals surface area contributed by atoms with Crippen LogP contribution in [0.1, 0.15) is 25.7 Å². The van der Waals surface area contributed by atoms with Gasteiger partial charge >= 0.3 is 47.8 Å². The van der Waals surface area contributed by atoms with Gasteiger partial charge in [0.2, 0.25) is 0 Å². The third kappa shape index (κ3) is 4.54. The van der Waals surface area contributed by atoms with Crippen LogP contribution in [-0.4, -0.2) is 71.2 Å². The fraction of sp³-hybridized carbons (Fsp3) is 0.636. The zero-order valence-electron chi connectivity index (χ0n) is 18.7. The van der Waals surface area contributed by atoms with Gasteiger partial charge in [-0.15, -0.1) is 0 Å². The van der Waals surface area contributed by atoms with Crippen molar-refractivity contribution in [2.45, 2.75) is 25.7 Å². The highest BCUT2D eigenvalue weighted by Crippen LogP contribution is 2.44. The number of carbonyl (C=O) groups excluding carboxylic acids is 6. The minimum absolute atomic E-state index is 0.245. The normalized spacial score (nSPS) is 35.2. The predicted octanol–water partition coefficient (Wildman–Crippen LogP) is -1.07. The van der Waals surface area contributed by atoms with E-state index in [9.17, 15) is 48.6 Å². The van der Waals surface area contributed by atoms with E-state index in [1.165, 1.54) is 0 Å². The Labute approximate surface area is 202 Å². The molecular weight excluding hydrogens is 488 g/mol. The van der Waals surface area contributed by atoms with Crippen LogP contribution >= 0.6 is 0 Å². The van der Waals surface area contributed by atoms with Crippen LogP contribution in [0.5, 0.6) is 0 Å². The summed E-state index contributed by atoms with van der Waals surface area (Å²) in [7, 11) is 0. The molecular formula is C22H22O14. The number of aliphatic carboxylic acids is 2. The third-order valence-electron chi connectivity index (χ3n) is 7.40. The number of hydrogen-bond donors (Lipinski definition) is 2. The molecule has 0 spiro atoms. The highest BCUT2D eigenvalue weighted by molar-refractivity contribution is 5.98. The van der Waals surface area contributed by atoms with Gasteiger partial charge in [0, 0.05) is 0 Å². The maximum atomic E-state index is 12.5. The highest BCUT2D eigenvalue weighted by atomic mass is 16.6. The molecule has 0 aromatic carbocycles. The van der Waals surface area contributed by atoms with Gasteiger partial charge in [-0.2, -0.15) is 0 Å². The van der Waals surface area contributed by atoms with Crippen molar-refractivity contribution in [3.63, 3.8) is 0 Å². The van der Waals surface area contributed by atoms with Gasteiger partial charge in [-0.05, 0) is 25.7 Å². The van der Waals surface area contributed by atoms with Crippen molar-refractivity contribution in [3.8, 4) is 0 Å². The first-order chi connectivity index (χ1) is 17.0. The molecule has 4 fully saturated rings. The minimum atomic E-state index is -1.34. The van der Waals surface area contributed by atoms with Crippen molar-refractivity contribution < 1.29 is 67.5 Å². The van der Waals surface area contributed by atoms with Gasteiger partial charge in [0.15, 0.2) is 0 Å². The fourth-order valence-corrected chi connectivity index (χ4v) is 5.52. The zero-order valence-corrected chi connectivity index (χ0v) is 18.7. The Balaban J connectivity index is 1.31. The monoisotopic (exact) mass is 510 g/mol. The van der Waals surface area contributed by atoms with Crippen LogP contribution in [0.25, 0.3) is 0 Å². The van der Waals surface area contributed by atoms with Crippen LogP contribution in [0.4, 0.5) is 0 Å². The van der Waals surface area contributed by atoms with Crippen molar-refractivity contribution in [2.75, 3.05) is 13.2 Å². The van der Waals surface area contributed by atoms with Crippen LogP contribution in [0, 0.1) is 47.3 Å². The summed E-state index contributed by atoms with van der Waals surface area (Å²) < 4.78 is 19.1. The lowest BCUT2D eigenvalue weighted by molar-refractivity contribution is -0.168. The molecule has 14 heteroatoms. The number of fused-ring (bicyclic) bond motifs is 2. The summed E-state index contributed by atoms with van der Waals surface area (Å²) in [5.74, 6) is -16.7. The highest BCUT2D eigenvalue weighted by Gasteiger charge is 2.55. The van der Waals surface area contributed by atoms with Gasteiger partial charge in [-0.3, -0.25) is 38.4 Å². The molecule has 2 aliphatic carbocycles. The molecule has 8 unspecified atom stereocenters. The van der Waals surface area contributed by atoms with Crippen LogP contribution < -0.4 is 0 Å². The quantitative estimate of drug-likeness (QED) is 0.180. The summed E-state index contributed by atoms with van der Waals surface area (Å²) in [5.41, 5.74) is 0. The van der Waals surface area contributed by atoms with E-state index in [4.69, 9.17) is 9.47 Å². The molecule has 2 saturated carbocycles. The first-order valence-electron chi connectivity index (χ1n) is 11.3. The standard InChI is InChI=1S/C22H22O14/c23-15(24)7-3-11-13(21(31)35-19(11)29)5-9(7)17(27)33-1-2-34-18(28)10-6-14-12(4-8(10)16(25)26)20(30)36-22(14)32/h7-14H,1-6H2,(H,23,24)(H,25,26). The number of hydrogen-bond acceptors (Lipinski definition) is 12. The van der Waals surface area contributed by atoms with E-state index in [-0.39, 0.29) is 25.7 Å². The van der Waals surface area contributed by atoms with Gasteiger partial charge in [0.05, 0.1) is 47.3 Å². The van der Waals surface area contributed by atoms with Gasteiger partial charge in [-0.1, -0.05) is 0 Å². The predicted molar refractivity (Wildman–Crippen MR) is 106 cm³/mol. The Kier molecular flexibility index (Phi) is 6.78. The number of cyclic esters (lactones) is 4. The van der Waals surface area contributed by atoms with Crippen LogP contribution in [0.15, 0.2) is 0 Å². The second-order valence-corrected chi connectivity index (χ2v) is 9.29. The molecule has 2 N–H and O–H groups in total. The summed E-state index contributed by atoms with van der Waals surface area (Å²) in [6.45, 7) is -0.968. The Morgan fingerprint density at radius 3 is 1.14 bits per heavy atom. The maximum absolute atomic E-state index is 12.5. The van der Waals surface area contributed by atoms with Crippen molar-refractivity contribution >= 4 is 47.8 Å². The number of ether oxygens (including phenoxy) is 4. The molecule has 0 amide bonds. The van der Waals surface area contributed by atoms with E-state index < -0.39 is 108 Å². The summed E-state index contributed by atoms with van der Waals surface area (Å²) in [5, 5.41) is 18.9. The molecule has 2 heterocycles. The molecule has 8 atom stereocenters. The van der Waals surface area contributed by atoms with Crippen molar-refractivity contribution in [1.82, 2.24) is 0 Å². The van der Waals surface area contributed by atoms with Crippen molar-refractivity contribution in [3.05, 3.63) is 0 Å². The summed E-state index contributed by atoms with van der Waals surface area (Å²) in [6.07, 6.45) is -1.01. The number of esters is 6. The number of carboxylic acid groups (broad SMARTS) is 2. The molecule has 0 bridgehead atoms. The third-order valence-corrected chi connectivity index (χ3v) is 7.40. The van der Waals surface area contributed by atoms with E-state index in [2.05, 4.69) is 9.47 Å². The maximum Gasteiger partial charge on any atom is 0.317 e. The molecule has 0 radical (unpaired) electrons. The number of carboxylic acids is 2. The molecule has 2 aliphatic heterocycles. The van der Waals surface area contributed by atoms with Crippen molar-refractivity contribution in [2.24, 2.45) is 47.3 Å². The molecule has 4 aliphatic rings. The SMILES string of the molecule is O=C(O)C1CC2C(=O)OC(=O)C2CC1C(=O)OCCOC(=O)C1CC2C(=O)OC(=O)C2CC1C(=O)O. The van der Waals surface area contributed by atoms with Gasteiger partial charge in [0.25, 0.3) is 0 Å². The van der Waals surface area contributed by atoms with E-state index >= 15 is 0 Å². The van der Waals surface area contributed by atoms with Crippen LogP contribution in [0.2, 0.25) is 0 Å². The van der Waals surface area contributed by atoms with Gasteiger partial charge in [0.1, 0.15) is 13.2 Å². The minimum Gasteiger partial charge on any atom is -0.481 e. The topological polar surface area (TPSA) is 214 Å². The molecule has 14 nitrogen and oxygen atoms in total. The summed E-state index contributed by atoms with van der Waals surface area (Å²) >= 11 is 0. The second-order valence-electron chi connectivity index (χ2n) is 9.29. The molecule has 4 rings (SSSR count). The average molecular weight is 510 g/mol. The summed E-state index contributed by atoms with van der Waals surface area (Å²) in [4.78, 5) is 95.5. The van der Waals surface area contributed by atoms with Crippen molar-refractivity contribution in [1.29, 1.82) is 0 Å². The Morgan fingerprint density at radius 1 is 0.583 bits per heavy atom. The second kappa shape index (κ2) is 9.66. The van der Waals surface area contributed by atoms with Gasteiger partial charge < -0.3 is 29.2 Å².